The van der Waals surface area contributed by atoms with Crippen LogP contribution in [0.2, 0.25) is 0 Å². The van der Waals surface area contributed by atoms with Crippen molar-refractivity contribution >= 4 is 5.97 Å². The Labute approximate surface area is 69.7 Å². The molecule has 0 aliphatic carbocycles. The molecule has 0 spiro atoms. The van der Waals surface area contributed by atoms with E-state index in [1.807, 2.05) is 0 Å². The van der Waals surface area contributed by atoms with E-state index in [0.717, 1.165) is 0 Å². The van der Waals surface area contributed by atoms with E-state index in [0.29, 0.717) is 0 Å². The molecule has 0 N–H and O–H groups in total. The summed E-state index contributed by atoms with van der Waals surface area (Å²) in [4.78, 5) is 9.79. The first-order chi connectivity index (χ1) is 5.58. The highest BCUT2D eigenvalue weighted by Gasteiger charge is 2.57. The molecule has 0 saturated heterocycles. The molecule has 0 amide bonds. The molecule has 0 radical (unpaired) electrons. The van der Waals surface area contributed by atoms with E-state index < -0.39 is 30.1 Å². The van der Waals surface area contributed by atoms with E-state index in [4.69, 9.17) is 0 Å². The van der Waals surface area contributed by atoms with Crippen molar-refractivity contribution in [1.29, 1.82) is 0 Å². The lowest BCUT2D eigenvalue weighted by Crippen LogP contribution is -2.39. The summed E-state index contributed by atoms with van der Waals surface area (Å²) in [5.74, 6) is -7.20. The second kappa shape index (κ2) is 3.31. The average Bonchev–Trinajstić information content (AvgIpc) is 1.83. The van der Waals surface area contributed by atoms with Crippen LogP contribution < -0.4 is 5.11 Å². The normalized spacial score (nSPS) is 12.7. The first kappa shape index (κ1) is 11.9. The van der Waals surface area contributed by atoms with E-state index in [2.05, 4.69) is 6.58 Å². The molecule has 0 bridgehead atoms. The van der Waals surface area contributed by atoms with Gasteiger partial charge in [0.25, 0.3) is 0 Å². The standard InChI is InChI=1S/C6H5F5O2/c1-3(4(12)13)2-5(7,8)6(9,10)11/h1-2H2,(H,12,13)/p-1. The van der Waals surface area contributed by atoms with Crippen LogP contribution in [0, 0.1) is 0 Å². The van der Waals surface area contributed by atoms with E-state index in [1.54, 1.807) is 0 Å². The number of hydrogen-bond donors (Lipinski definition) is 0. The van der Waals surface area contributed by atoms with Crippen molar-refractivity contribution in [3.8, 4) is 0 Å². The highest BCUT2D eigenvalue weighted by Crippen LogP contribution is 2.39. The second-order valence-electron chi connectivity index (χ2n) is 2.27. The molecular formula is C6H4F5O2-. The zero-order valence-corrected chi connectivity index (χ0v) is 6.12. The van der Waals surface area contributed by atoms with Crippen molar-refractivity contribution in [1.82, 2.24) is 0 Å². The van der Waals surface area contributed by atoms with Crippen molar-refractivity contribution < 1.29 is 31.9 Å². The summed E-state index contributed by atoms with van der Waals surface area (Å²) >= 11 is 0. The minimum Gasteiger partial charge on any atom is -0.545 e. The van der Waals surface area contributed by atoms with Gasteiger partial charge in [0, 0.05) is 6.42 Å². The lowest BCUT2D eigenvalue weighted by molar-refractivity contribution is -0.303. The fraction of sp³-hybridized carbons (Fsp3) is 0.500. The van der Waals surface area contributed by atoms with Crippen LogP contribution in [0.25, 0.3) is 0 Å². The summed E-state index contributed by atoms with van der Waals surface area (Å²) in [5, 5.41) is 9.79. The SMILES string of the molecule is C=C(CC(F)(F)C(F)(F)F)C(=O)[O-]. The van der Waals surface area contributed by atoms with E-state index in [-0.39, 0.29) is 0 Å². The van der Waals surface area contributed by atoms with Gasteiger partial charge in [-0.1, -0.05) is 6.58 Å². The Morgan fingerprint density at radius 2 is 1.62 bits per heavy atom. The Balaban J connectivity index is 4.53. The predicted molar refractivity (Wildman–Crippen MR) is 29.8 cm³/mol. The highest BCUT2D eigenvalue weighted by atomic mass is 19.4. The number of carboxylic acid groups (broad SMARTS) is 1. The minimum atomic E-state index is -5.77. The van der Waals surface area contributed by atoms with E-state index in [9.17, 15) is 31.9 Å². The van der Waals surface area contributed by atoms with Crippen LogP contribution in [0.1, 0.15) is 6.42 Å². The molecule has 7 heteroatoms. The third-order valence-electron chi connectivity index (χ3n) is 1.14. The molecule has 2 nitrogen and oxygen atoms in total. The lowest BCUT2D eigenvalue weighted by atomic mass is 10.1. The molecule has 0 atom stereocenters. The monoisotopic (exact) mass is 203 g/mol. The molecule has 0 heterocycles. The van der Waals surface area contributed by atoms with Crippen LogP contribution in [0.5, 0.6) is 0 Å². The van der Waals surface area contributed by atoms with Gasteiger partial charge < -0.3 is 9.90 Å². The third kappa shape index (κ3) is 3.00. The number of aliphatic carboxylic acids is 1. The summed E-state index contributed by atoms with van der Waals surface area (Å²) in [6.07, 6.45) is -7.76. The molecule has 13 heavy (non-hydrogen) atoms. The molecule has 76 valence electrons. The van der Waals surface area contributed by atoms with Crippen molar-refractivity contribution in [2.24, 2.45) is 0 Å². The lowest BCUT2D eigenvalue weighted by Gasteiger charge is -2.20. The second-order valence-corrected chi connectivity index (χ2v) is 2.27. The molecular weight excluding hydrogens is 199 g/mol. The van der Waals surface area contributed by atoms with Gasteiger partial charge >= 0.3 is 12.1 Å². The molecule has 0 aromatic carbocycles. The highest BCUT2D eigenvalue weighted by molar-refractivity contribution is 5.83. The summed E-state index contributed by atoms with van der Waals surface area (Å²) in [6.45, 7) is 2.51. The fourth-order valence-electron chi connectivity index (χ4n) is 0.440. The van der Waals surface area contributed by atoms with Gasteiger partial charge in [0.1, 0.15) is 0 Å². The summed E-state index contributed by atoms with van der Waals surface area (Å²) < 4.78 is 58.5. The maximum atomic E-state index is 12.1. The van der Waals surface area contributed by atoms with Crippen LogP contribution in [-0.4, -0.2) is 18.1 Å². The van der Waals surface area contributed by atoms with Crippen LogP contribution in [0.15, 0.2) is 12.2 Å². The largest absolute Gasteiger partial charge is 0.545 e. The third-order valence-corrected chi connectivity index (χ3v) is 1.14. The van der Waals surface area contributed by atoms with Gasteiger partial charge in [-0.05, 0) is 5.57 Å². The molecule has 0 unspecified atom stereocenters. The summed E-state index contributed by atoms with van der Waals surface area (Å²) in [6, 6.07) is 0. The Kier molecular flexibility index (Phi) is 3.02. The van der Waals surface area contributed by atoms with Crippen molar-refractivity contribution in [2.75, 3.05) is 0 Å². The molecule has 0 aliphatic heterocycles. The Bertz CT molecular complexity index is 230. The molecule has 0 saturated carbocycles. The smallest absolute Gasteiger partial charge is 0.453 e. The molecule has 0 aliphatic rings. The van der Waals surface area contributed by atoms with Gasteiger partial charge in [-0.3, -0.25) is 0 Å². The number of carboxylic acids is 1. The van der Waals surface area contributed by atoms with Crippen molar-refractivity contribution in [3.05, 3.63) is 12.2 Å². The fourth-order valence-corrected chi connectivity index (χ4v) is 0.440. The molecule has 0 rings (SSSR count). The number of carbonyl (C=O) groups excluding carboxylic acids is 1. The minimum absolute atomic E-state index is 1.29. The van der Waals surface area contributed by atoms with Gasteiger partial charge in [-0.2, -0.15) is 22.0 Å². The van der Waals surface area contributed by atoms with Crippen LogP contribution in [0.3, 0.4) is 0 Å². The van der Waals surface area contributed by atoms with Crippen molar-refractivity contribution in [3.63, 3.8) is 0 Å². The predicted octanol–water partition coefficient (Wildman–Crippen LogP) is 0.880. The zero-order valence-electron chi connectivity index (χ0n) is 6.12. The van der Waals surface area contributed by atoms with Crippen LogP contribution >= 0.6 is 0 Å². The van der Waals surface area contributed by atoms with E-state index in [1.165, 1.54) is 0 Å². The van der Waals surface area contributed by atoms with Gasteiger partial charge in [-0.15, -0.1) is 0 Å². The van der Waals surface area contributed by atoms with Crippen LogP contribution in [0.4, 0.5) is 22.0 Å². The molecule has 0 aromatic heterocycles. The van der Waals surface area contributed by atoms with E-state index >= 15 is 0 Å². The maximum Gasteiger partial charge on any atom is 0.453 e. The summed E-state index contributed by atoms with van der Waals surface area (Å²) in [5.41, 5.74) is -1.29. The van der Waals surface area contributed by atoms with Crippen molar-refractivity contribution in [2.45, 2.75) is 18.5 Å². The topological polar surface area (TPSA) is 40.1 Å². The quantitative estimate of drug-likeness (QED) is 0.504. The number of halogens is 5. The Morgan fingerprint density at radius 1 is 1.23 bits per heavy atom. The first-order valence-electron chi connectivity index (χ1n) is 2.91. The number of hydrogen-bond acceptors (Lipinski definition) is 2. The Morgan fingerprint density at radius 3 is 1.85 bits per heavy atom. The van der Waals surface area contributed by atoms with Gasteiger partial charge in [0.2, 0.25) is 0 Å². The molecule has 0 aromatic rings. The van der Waals surface area contributed by atoms with Gasteiger partial charge in [0.15, 0.2) is 0 Å². The Hall–Kier alpha value is -1.14. The number of alkyl halides is 5. The first-order valence-corrected chi connectivity index (χ1v) is 2.91. The maximum absolute atomic E-state index is 12.1. The molecule has 0 fully saturated rings. The average molecular weight is 203 g/mol. The number of carbonyl (C=O) groups is 1. The number of rotatable bonds is 3. The summed E-state index contributed by atoms with van der Waals surface area (Å²) in [7, 11) is 0. The van der Waals surface area contributed by atoms with Gasteiger partial charge in [0.05, 0.1) is 5.97 Å². The zero-order chi connectivity index (χ0) is 10.9. The van der Waals surface area contributed by atoms with Crippen LogP contribution in [-0.2, 0) is 4.79 Å². The van der Waals surface area contributed by atoms with Gasteiger partial charge in [-0.25, -0.2) is 0 Å².